The third-order valence-electron chi connectivity index (χ3n) is 5.84. The molecule has 0 saturated heterocycles. The van der Waals surface area contributed by atoms with E-state index in [1.54, 1.807) is 18.2 Å². The van der Waals surface area contributed by atoms with Gasteiger partial charge in [0, 0.05) is 36.1 Å². The van der Waals surface area contributed by atoms with E-state index in [9.17, 15) is 18.0 Å². The summed E-state index contributed by atoms with van der Waals surface area (Å²) >= 11 is 18.7. The lowest BCUT2D eigenvalue weighted by atomic mass is 10.1. The van der Waals surface area contributed by atoms with Crippen molar-refractivity contribution in [2.45, 2.75) is 58.5 Å². The number of halogens is 3. The van der Waals surface area contributed by atoms with Crippen molar-refractivity contribution in [1.82, 2.24) is 10.2 Å². The van der Waals surface area contributed by atoms with Crippen LogP contribution in [-0.4, -0.2) is 50.5 Å². The number of carbonyl (C=O) groups is 2. The molecule has 1 atom stereocenters. The third-order valence-corrected chi connectivity index (χ3v) is 7.95. The Labute approximate surface area is 235 Å². The molecule has 1 N–H and O–H groups in total. The highest BCUT2D eigenvalue weighted by atomic mass is 35.5. The molecule has 204 valence electrons. The Morgan fingerprint density at radius 1 is 1.00 bits per heavy atom. The summed E-state index contributed by atoms with van der Waals surface area (Å²) in [7, 11) is -3.69. The molecular weight excluding hydrogens is 557 g/mol. The average molecular weight is 591 g/mol. The van der Waals surface area contributed by atoms with E-state index in [0.29, 0.717) is 23.0 Å². The van der Waals surface area contributed by atoms with Crippen LogP contribution in [0.5, 0.6) is 0 Å². The van der Waals surface area contributed by atoms with E-state index < -0.39 is 16.1 Å². The highest BCUT2D eigenvalue weighted by Crippen LogP contribution is 2.31. The van der Waals surface area contributed by atoms with Crippen LogP contribution in [0.1, 0.15) is 51.5 Å². The lowest BCUT2D eigenvalue weighted by Crippen LogP contribution is -2.49. The van der Waals surface area contributed by atoms with E-state index in [2.05, 4.69) is 5.32 Å². The normalized spacial score (nSPS) is 12.2. The lowest BCUT2D eigenvalue weighted by Gasteiger charge is -2.31. The standard InChI is InChI=1S/C26H34Cl3N3O4S/c1-4-6-15-30-26(34)23(5-2)31(18-19-10-7-8-11-21(19)28)25(33)12-9-16-32(37(3,35)36)24-17-20(27)13-14-22(24)29/h7-8,10-11,13-14,17,23H,4-6,9,12,15-16,18H2,1-3H3,(H,30,34)/t23-/m0/s1. The van der Waals surface area contributed by atoms with Crippen LogP contribution >= 0.6 is 34.8 Å². The molecule has 2 amide bonds. The Kier molecular flexibility index (Phi) is 12.5. The Balaban J connectivity index is 2.24. The first-order valence-electron chi connectivity index (χ1n) is 12.2. The first-order valence-corrected chi connectivity index (χ1v) is 15.2. The Morgan fingerprint density at radius 2 is 1.70 bits per heavy atom. The smallest absolute Gasteiger partial charge is 0.242 e. The van der Waals surface area contributed by atoms with E-state index in [1.807, 2.05) is 26.0 Å². The zero-order valence-electron chi connectivity index (χ0n) is 21.3. The summed E-state index contributed by atoms with van der Waals surface area (Å²) in [6.07, 6.45) is 3.50. The Morgan fingerprint density at radius 3 is 2.32 bits per heavy atom. The number of unbranched alkanes of at least 4 members (excludes halogenated alkanes) is 1. The number of hydrogen-bond donors (Lipinski definition) is 1. The van der Waals surface area contributed by atoms with Crippen molar-refractivity contribution in [2.75, 3.05) is 23.7 Å². The monoisotopic (exact) mass is 589 g/mol. The molecule has 2 aromatic rings. The van der Waals surface area contributed by atoms with E-state index in [4.69, 9.17) is 34.8 Å². The molecule has 0 aliphatic heterocycles. The number of nitrogens with one attached hydrogen (secondary N) is 1. The Bertz CT molecular complexity index is 1180. The first kappa shape index (κ1) is 31.2. The predicted molar refractivity (Wildman–Crippen MR) is 152 cm³/mol. The maximum absolute atomic E-state index is 13.5. The van der Waals surface area contributed by atoms with Gasteiger partial charge in [-0.2, -0.15) is 0 Å². The molecule has 0 unspecified atom stereocenters. The van der Waals surface area contributed by atoms with E-state index in [1.165, 1.54) is 17.0 Å². The molecule has 7 nitrogen and oxygen atoms in total. The quantitative estimate of drug-likeness (QED) is 0.277. The molecule has 0 aliphatic carbocycles. The first-order chi connectivity index (χ1) is 17.5. The lowest BCUT2D eigenvalue weighted by molar-refractivity contribution is -0.141. The topological polar surface area (TPSA) is 86.8 Å². The molecule has 0 aliphatic rings. The summed E-state index contributed by atoms with van der Waals surface area (Å²) in [4.78, 5) is 28.0. The van der Waals surface area contributed by atoms with Crippen molar-refractivity contribution in [1.29, 1.82) is 0 Å². The summed E-state index contributed by atoms with van der Waals surface area (Å²) in [6.45, 7) is 4.60. The van der Waals surface area contributed by atoms with Crippen LogP contribution in [0.3, 0.4) is 0 Å². The number of nitrogens with zero attached hydrogens (tertiary/aromatic N) is 2. The van der Waals surface area contributed by atoms with Gasteiger partial charge in [-0.25, -0.2) is 8.42 Å². The molecule has 0 heterocycles. The van der Waals surface area contributed by atoms with Crippen LogP contribution in [0.15, 0.2) is 42.5 Å². The number of hydrogen-bond acceptors (Lipinski definition) is 4. The molecule has 11 heteroatoms. The SMILES string of the molecule is CCCCNC(=O)[C@H](CC)N(Cc1ccccc1Cl)C(=O)CCCN(c1cc(Cl)ccc1Cl)S(C)(=O)=O. The molecule has 37 heavy (non-hydrogen) atoms. The fourth-order valence-electron chi connectivity index (χ4n) is 3.90. The van der Waals surface area contributed by atoms with Gasteiger partial charge in [-0.05, 0) is 49.1 Å². The predicted octanol–water partition coefficient (Wildman–Crippen LogP) is 5.92. The Hall–Kier alpha value is -2.00. The number of rotatable bonds is 14. The fourth-order valence-corrected chi connectivity index (χ4v) is 5.50. The van der Waals surface area contributed by atoms with Gasteiger partial charge in [-0.1, -0.05) is 73.3 Å². The summed E-state index contributed by atoms with van der Waals surface area (Å²) in [5.41, 5.74) is 0.972. The van der Waals surface area contributed by atoms with Crippen molar-refractivity contribution in [3.05, 3.63) is 63.1 Å². The van der Waals surface area contributed by atoms with Crippen LogP contribution in [0, 0.1) is 0 Å². The maximum atomic E-state index is 13.5. The molecule has 0 radical (unpaired) electrons. The van der Waals surface area contributed by atoms with E-state index in [-0.39, 0.29) is 48.5 Å². The van der Waals surface area contributed by atoms with Crippen LogP contribution in [-0.2, 0) is 26.2 Å². The largest absolute Gasteiger partial charge is 0.354 e. The molecule has 2 rings (SSSR count). The molecular formula is C26H34Cl3N3O4S. The van der Waals surface area contributed by atoms with Crippen molar-refractivity contribution >= 4 is 62.3 Å². The minimum atomic E-state index is -3.69. The number of benzene rings is 2. The van der Waals surface area contributed by atoms with Crippen molar-refractivity contribution in [3.63, 3.8) is 0 Å². The molecule has 0 saturated carbocycles. The fraction of sp³-hybridized carbons (Fsp3) is 0.462. The summed E-state index contributed by atoms with van der Waals surface area (Å²) < 4.78 is 26.2. The summed E-state index contributed by atoms with van der Waals surface area (Å²) in [5.74, 6) is -0.497. The second-order valence-corrected chi connectivity index (χ2v) is 11.9. The van der Waals surface area contributed by atoms with Gasteiger partial charge in [0.05, 0.1) is 17.0 Å². The van der Waals surface area contributed by atoms with Gasteiger partial charge in [0.2, 0.25) is 21.8 Å². The van der Waals surface area contributed by atoms with Gasteiger partial charge in [0.15, 0.2) is 0 Å². The number of amides is 2. The molecule has 0 fully saturated rings. The molecule has 0 bridgehead atoms. The molecule has 2 aromatic carbocycles. The second-order valence-electron chi connectivity index (χ2n) is 8.72. The number of carbonyl (C=O) groups excluding carboxylic acids is 2. The van der Waals surface area contributed by atoms with Gasteiger partial charge in [0.25, 0.3) is 0 Å². The third kappa shape index (κ3) is 9.36. The minimum absolute atomic E-state index is 0.0179. The van der Waals surface area contributed by atoms with Gasteiger partial charge in [0.1, 0.15) is 6.04 Å². The van der Waals surface area contributed by atoms with Crippen LogP contribution in [0.25, 0.3) is 0 Å². The van der Waals surface area contributed by atoms with Gasteiger partial charge in [-0.15, -0.1) is 0 Å². The van der Waals surface area contributed by atoms with E-state index in [0.717, 1.165) is 29.0 Å². The van der Waals surface area contributed by atoms with E-state index >= 15 is 0 Å². The average Bonchev–Trinajstić information content (AvgIpc) is 2.84. The molecule has 0 spiro atoms. The number of sulfonamides is 1. The van der Waals surface area contributed by atoms with Gasteiger partial charge in [-0.3, -0.25) is 13.9 Å². The molecule has 0 aromatic heterocycles. The number of anilines is 1. The maximum Gasteiger partial charge on any atom is 0.242 e. The highest BCUT2D eigenvalue weighted by Gasteiger charge is 2.29. The second kappa shape index (κ2) is 14.8. The zero-order valence-corrected chi connectivity index (χ0v) is 24.4. The van der Waals surface area contributed by atoms with Crippen LogP contribution < -0.4 is 9.62 Å². The van der Waals surface area contributed by atoms with Crippen LogP contribution in [0.4, 0.5) is 5.69 Å². The van der Waals surface area contributed by atoms with Gasteiger partial charge >= 0.3 is 0 Å². The van der Waals surface area contributed by atoms with Crippen molar-refractivity contribution in [2.24, 2.45) is 0 Å². The van der Waals surface area contributed by atoms with Crippen molar-refractivity contribution in [3.8, 4) is 0 Å². The zero-order chi connectivity index (χ0) is 27.6. The van der Waals surface area contributed by atoms with Gasteiger partial charge < -0.3 is 10.2 Å². The van der Waals surface area contributed by atoms with Crippen LogP contribution in [0.2, 0.25) is 15.1 Å². The van der Waals surface area contributed by atoms with Crippen molar-refractivity contribution < 1.29 is 18.0 Å². The minimum Gasteiger partial charge on any atom is -0.354 e. The summed E-state index contributed by atoms with van der Waals surface area (Å²) in [5, 5.41) is 3.99. The summed E-state index contributed by atoms with van der Waals surface area (Å²) in [6, 6.07) is 11.1. The highest BCUT2D eigenvalue weighted by molar-refractivity contribution is 7.92.